The van der Waals surface area contributed by atoms with Gasteiger partial charge in [0.05, 0.1) is 24.8 Å². The lowest BCUT2D eigenvalue weighted by atomic mass is 10.1. The van der Waals surface area contributed by atoms with E-state index in [9.17, 15) is 9.90 Å². The minimum Gasteiger partial charge on any atom is -0.507 e. The van der Waals surface area contributed by atoms with E-state index in [2.05, 4.69) is 38.5 Å². The summed E-state index contributed by atoms with van der Waals surface area (Å²) in [7, 11) is 0. The number of hydrogen-bond donors (Lipinski definition) is 1. The van der Waals surface area contributed by atoms with Crippen molar-refractivity contribution in [3.8, 4) is 5.75 Å². The van der Waals surface area contributed by atoms with Crippen LogP contribution in [0.4, 0.5) is 0 Å². The van der Waals surface area contributed by atoms with Gasteiger partial charge in [-0.1, -0.05) is 15.9 Å². The first-order valence-electron chi connectivity index (χ1n) is 5.56. The van der Waals surface area contributed by atoms with Gasteiger partial charge in [0.2, 0.25) is 0 Å². The summed E-state index contributed by atoms with van der Waals surface area (Å²) in [5.74, 6) is -0.112. The maximum absolute atomic E-state index is 12.4. The molecule has 2 rings (SSSR count). The number of alkyl halides is 1. The van der Waals surface area contributed by atoms with E-state index in [-0.39, 0.29) is 17.7 Å². The van der Waals surface area contributed by atoms with Crippen molar-refractivity contribution in [1.29, 1.82) is 0 Å². The van der Waals surface area contributed by atoms with Crippen molar-refractivity contribution in [2.75, 3.05) is 25.1 Å². The minimum atomic E-state index is -0.140. The van der Waals surface area contributed by atoms with Crippen LogP contribution in [-0.4, -0.2) is 47.0 Å². The number of nitrogens with zero attached hydrogens (tertiary/aromatic N) is 1. The maximum Gasteiger partial charge on any atom is 0.258 e. The molecule has 0 saturated carbocycles. The Bertz CT molecular complexity index is 455. The lowest BCUT2D eigenvalue weighted by Gasteiger charge is -2.34. The predicted molar refractivity (Wildman–Crippen MR) is 80.3 cm³/mol. The molecule has 0 aliphatic carbocycles. The van der Waals surface area contributed by atoms with Gasteiger partial charge >= 0.3 is 0 Å². The molecule has 1 saturated heterocycles. The molecular weight excluding hydrogens is 413 g/mol. The van der Waals surface area contributed by atoms with Crippen molar-refractivity contribution < 1.29 is 14.6 Å². The molecule has 18 heavy (non-hydrogen) atoms. The molecule has 1 aliphatic rings. The van der Waals surface area contributed by atoms with E-state index < -0.39 is 0 Å². The fraction of sp³-hybridized carbons (Fsp3) is 0.417. The Morgan fingerprint density at radius 1 is 1.61 bits per heavy atom. The zero-order valence-corrected chi connectivity index (χ0v) is 13.3. The lowest BCUT2D eigenvalue weighted by Crippen LogP contribution is -2.49. The Hall–Kier alpha value is -0.340. The van der Waals surface area contributed by atoms with Crippen molar-refractivity contribution in [2.24, 2.45) is 0 Å². The molecule has 0 bridgehead atoms. The van der Waals surface area contributed by atoms with Crippen molar-refractivity contribution in [3.63, 3.8) is 0 Å². The van der Waals surface area contributed by atoms with Gasteiger partial charge in [-0.15, -0.1) is 0 Å². The number of phenols is 1. The van der Waals surface area contributed by atoms with E-state index in [0.29, 0.717) is 30.7 Å². The summed E-state index contributed by atoms with van der Waals surface area (Å²) in [5.41, 5.74) is 0.356. The first kappa shape index (κ1) is 14.1. The normalized spacial score (nSPS) is 19.9. The van der Waals surface area contributed by atoms with Crippen molar-refractivity contribution in [2.45, 2.75) is 6.04 Å². The third-order valence-corrected chi connectivity index (χ3v) is 4.27. The molecule has 1 N–H and O–H groups in total. The van der Waals surface area contributed by atoms with E-state index in [1.165, 1.54) is 0 Å². The third-order valence-electron chi connectivity index (χ3n) is 2.86. The number of carbonyl (C=O) groups excluding carboxylic acids is 1. The number of rotatable bonds is 2. The minimum absolute atomic E-state index is 0.0171. The monoisotopic (exact) mass is 425 g/mol. The van der Waals surface area contributed by atoms with E-state index in [4.69, 9.17) is 4.74 Å². The maximum atomic E-state index is 12.4. The van der Waals surface area contributed by atoms with Gasteiger partial charge in [0, 0.05) is 15.4 Å². The van der Waals surface area contributed by atoms with Crippen LogP contribution in [0.3, 0.4) is 0 Å². The van der Waals surface area contributed by atoms with Crippen molar-refractivity contribution in [3.05, 3.63) is 27.3 Å². The van der Waals surface area contributed by atoms with E-state index in [1.54, 1.807) is 23.1 Å². The van der Waals surface area contributed by atoms with Gasteiger partial charge in [0.1, 0.15) is 5.75 Å². The second kappa shape index (κ2) is 6.21. The molecule has 4 nitrogen and oxygen atoms in total. The molecule has 0 aromatic heterocycles. The summed E-state index contributed by atoms with van der Waals surface area (Å²) >= 11 is 5.51. The molecule has 1 aliphatic heterocycles. The fourth-order valence-corrected chi connectivity index (χ4v) is 2.91. The Kier molecular flexibility index (Phi) is 4.85. The highest BCUT2D eigenvalue weighted by atomic mass is 127. The smallest absolute Gasteiger partial charge is 0.258 e. The van der Waals surface area contributed by atoms with E-state index >= 15 is 0 Å². The van der Waals surface area contributed by atoms with Crippen LogP contribution in [0.2, 0.25) is 0 Å². The van der Waals surface area contributed by atoms with Crippen LogP contribution in [0.15, 0.2) is 18.2 Å². The second-order valence-electron chi connectivity index (χ2n) is 4.04. The number of halogens is 2. The molecule has 1 aromatic carbocycles. The molecule has 1 atom stereocenters. The second-order valence-corrected chi connectivity index (χ2v) is 5.94. The summed E-state index contributed by atoms with van der Waals surface area (Å²) in [6, 6.07) is 5.05. The van der Waals surface area contributed by atoms with Crippen molar-refractivity contribution >= 4 is 44.4 Å². The summed E-state index contributed by atoms with van der Waals surface area (Å²) in [4.78, 5) is 14.2. The summed E-state index contributed by atoms with van der Waals surface area (Å²) in [6.45, 7) is 1.63. The van der Waals surface area contributed by atoms with Crippen LogP contribution >= 0.6 is 38.5 Å². The first-order valence-corrected chi connectivity index (χ1v) is 7.76. The van der Waals surface area contributed by atoms with E-state index in [0.717, 1.165) is 3.57 Å². The standard InChI is InChI=1S/C12H13BrINO3/c13-6-9-7-18-4-3-15(9)12(17)10-5-8(14)1-2-11(10)16/h1-2,5,9,16H,3-4,6-7H2. The number of ether oxygens (including phenoxy) is 1. The highest BCUT2D eigenvalue weighted by molar-refractivity contribution is 14.1. The molecular formula is C12H13BrINO3. The summed E-state index contributed by atoms with van der Waals surface area (Å²) < 4.78 is 6.28. The molecule has 98 valence electrons. The average molecular weight is 426 g/mol. The number of amides is 1. The Morgan fingerprint density at radius 2 is 2.39 bits per heavy atom. The molecule has 0 radical (unpaired) electrons. The lowest BCUT2D eigenvalue weighted by molar-refractivity contribution is 0.00509. The van der Waals surface area contributed by atoms with Crippen LogP contribution in [0.5, 0.6) is 5.75 Å². The van der Waals surface area contributed by atoms with Gasteiger partial charge in [-0.2, -0.15) is 0 Å². The Balaban J connectivity index is 2.26. The molecule has 0 spiro atoms. The van der Waals surface area contributed by atoms with Crippen molar-refractivity contribution in [1.82, 2.24) is 4.90 Å². The van der Waals surface area contributed by atoms with Crippen LogP contribution in [0.25, 0.3) is 0 Å². The molecule has 1 fully saturated rings. The zero-order chi connectivity index (χ0) is 13.1. The van der Waals surface area contributed by atoms with Gasteiger partial charge in [0.25, 0.3) is 5.91 Å². The number of benzene rings is 1. The highest BCUT2D eigenvalue weighted by Gasteiger charge is 2.28. The molecule has 1 heterocycles. The highest BCUT2D eigenvalue weighted by Crippen LogP contribution is 2.23. The molecule has 1 aromatic rings. The fourth-order valence-electron chi connectivity index (χ4n) is 1.88. The van der Waals surface area contributed by atoms with Crippen LogP contribution in [-0.2, 0) is 4.74 Å². The zero-order valence-electron chi connectivity index (χ0n) is 9.60. The summed E-state index contributed by atoms with van der Waals surface area (Å²) in [6.07, 6.45) is 0. The van der Waals surface area contributed by atoms with Gasteiger partial charge in [0.15, 0.2) is 0 Å². The first-order chi connectivity index (χ1) is 8.63. The number of morpholine rings is 1. The van der Waals surface area contributed by atoms with Gasteiger partial charge in [-0.05, 0) is 40.8 Å². The quantitative estimate of drug-likeness (QED) is 0.584. The largest absolute Gasteiger partial charge is 0.507 e. The van der Waals surface area contributed by atoms with Crippen LogP contribution < -0.4 is 0 Å². The van der Waals surface area contributed by atoms with Gasteiger partial charge in [-0.3, -0.25) is 4.79 Å². The molecule has 6 heteroatoms. The SMILES string of the molecule is O=C(c1cc(I)ccc1O)N1CCOCC1CBr. The number of aromatic hydroxyl groups is 1. The molecule has 1 amide bonds. The predicted octanol–water partition coefficient (Wildman–Crippen LogP) is 2.23. The Labute approximate surface area is 128 Å². The topological polar surface area (TPSA) is 49.8 Å². The summed E-state index contributed by atoms with van der Waals surface area (Å²) in [5, 5.41) is 10.5. The van der Waals surface area contributed by atoms with E-state index in [1.807, 2.05) is 0 Å². The van der Waals surface area contributed by atoms with Crippen LogP contribution in [0, 0.1) is 3.57 Å². The number of carbonyl (C=O) groups is 1. The van der Waals surface area contributed by atoms with Gasteiger partial charge < -0.3 is 14.7 Å². The Morgan fingerprint density at radius 3 is 3.11 bits per heavy atom. The van der Waals surface area contributed by atoms with Gasteiger partial charge in [-0.25, -0.2) is 0 Å². The average Bonchev–Trinajstić information content (AvgIpc) is 2.40. The number of phenolic OH excluding ortho intramolecular Hbond substituents is 1. The van der Waals surface area contributed by atoms with Crippen LogP contribution in [0.1, 0.15) is 10.4 Å². The number of hydrogen-bond acceptors (Lipinski definition) is 3. The third kappa shape index (κ3) is 2.97. The molecule has 1 unspecified atom stereocenters.